The number of halogens is 2. The van der Waals surface area contributed by atoms with E-state index in [0.717, 1.165) is 16.5 Å². The normalized spacial score (nSPS) is 30.8. The van der Waals surface area contributed by atoms with Crippen molar-refractivity contribution < 1.29 is 33.4 Å². The fraction of sp³-hybridized carbons (Fsp3) is 0.419. The van der Waals surface area contributed by atoms with Crippen molar-refractivity contribution >= 4 is 40.9 Å². The molecule has 3 fully saturated rings. The molecule has 2 aromatic rings. The molecule has 10 heteroatoms. The van der Waals surface area contributed by atoms with E-state index < -0.39 is 52.6 Å². The van der Waals surface area contributed by atoms with Crippen molar-refractivity contribution in [1.82, 2.24) is 4.90 Å². The molecule has 214 valence electrons. The molecule has 2 aromatic carbocycles. The van der Waals surface area contributed by atoms with Gasteiger partial charge in [0.15, 0.2) is 0 Å². The van der Waals surface area contributed by atoms with E-state index in [0.29, 0.717) is 30.7 Å². The molecule has 6 unspecified atom stereocenters. The summed E-state index contributed by atoms with van der Waals surface area (Å²) in [5.41, 5.74) is -0.0559. The Morgan fingerprint density at radius 1 is 1.07 bits per heavy atom. The number of imide groups is 2. The number of aromatic hydroxyl groups is 1. The summed E-state index contributed by atoms with van der Waals surface area (Å²) in [6.07, 6.45) is 3.06. The van der Waals surface area contributed by atoms with Crippen molar-refractivity contribution in [3.8, 4) is 11.5 Å². The van der Waals surface area contributed by atoms with Crippen LogP contribution in [0.15, 0.2) is 48.0 Å². The molecule has 0 radical (unpaired) electrons. The number of phenolic OH excluding ortho intramolecular Hbond substituents is 1. The van der Waals surface area contributed by atoms with Crippen LogP contribution in [0.25, 0.3) is 0 Å². The minimum absolute atomic E-state index is 0.0793. The number of nitrogens with zero attached hydrogens (tertiary/aromatic N) is 2. The van der Waals surface area contributed by atoms with Gasteiger partial charge in [0.2, 0.25) is 23.6 Å². The minimum Gasteiger partial charge on any atom is -0.508 e. The number of methoxy groups -OCH3 is 1. The first-order valence-electron chi connectivity index (χ1n) is 13.8. The molecule has 1 saturated carbocycles. The first-order chi connectivity index (χ1) is 19.5. The summed E-state index contributed by atoms with van der Waals surface area (Å²) in [6, 6.07) is 8.41. The average molecular weight is 581 g/mol. The minimum atomic E-state index is -1.36. The summed E-state index contributed by atoms with van der Waals surface area (Å²) < 4.78 is 19.4. The van der Waals surface area contributed by atoms with Crippen LogP contribution in [0.2, 0.25) is 5.02 Å². The van der Waals surface area contributed by atoms with Crippen molar-refractivity contribution in [3.63, 3.8) is 0 Å². The lowest BCUT2D eigenvalue weighted by Gasteiger charge is -2.49. The second-order valence-corrected chi connectivity index (χ2v) is 11.9. The second kappa shape index (κ2) is 9.69. The molecule has 1 N–H and O–H groups in total. The second-order valence-electron chi connectivity index (χ2n) is 11.5. The number of phenols is 1. The molecule has 2 saturated heterocycles. The molecule has 2 heterocycles. The van der Waals surface area contributed by atoms with Crippen LogP contribution in [0.1, 0.15) is 44.6 Å². The quantitative estimate of drug-likeness (QED) is 0.401. The number of hydrogen-bond donors (Lipinski definition) is 1. The number of carbonyl (C=O) groups excluding carboxylic acids is 4. The molecule has 4 aliphatic rings. The molecular formula is C31H30ClFN2O6. The third kappa shape index (κ3) is 3.77. The van der Waals surface area contributed by atoms with Gasteiger partial charge >= 0.3 is 0 Å². The van der Waals surface area contributed by atoms with Crippen molar-refractivity contribution in [3.05, 3.63) is 64.5 Å². The lowest BCUT2D eigenvalue weighted by Crippen LogP contribution is -2.48. The predicted octanol–water partition coefficient (Wildman–Crippen LogP) is 4.83. The smallest absolute Gasteiger partial charge is 0.241 e. The topological polar surface area (TPSA) is 104 Å². The van der Waals surface area contributed by atoms with Crippen LogP contribution >= 0.6 is 11.6 Å². The molecule has 2 aliphatic heterocycles. The molecule has 6 atom stereocenters. The van der Waals surface area contributed by atoms with Crippen LogP contribution in [0, 0.1) is 34.9 Å². The summed E-state index contributed by atoms with van der Waals surface area (Å²) in [7, 11) is 1.49. The molecule has 6 rings (SSSR count). The van der Waals surface area contributed by atoms with Gasteiger partial charge < -0.3 is 9.84 Å². The van der Waals surface area contributed by atoms with E-state index in [9.17, 15) is 28.7 Å². The maximum absolute atomic E-state index is 14.4. The Balaban J connectivity index is 1.54. The monoisotopic (exact) mass is 580 g/mol. The maximum atomic E-state index is 14.4. The molecule has 41 heavy (non-hydrogen) atoms. The fourth-order valence-corrected chi connectivity index (χ4v) is 7.80. The van der Waals surface area contributed by atoms with E-state index in [2.05, 4.69) is 0 Å². The number of allylic oxidation sites excluding steroid dienone is 2. The lowest BCUT2D eigenvalue weighted by molar-refractivity contribution is -0.140. The highest BCUT2D eigenvalue weighted by molar-refractivity contribution is 6.31. The highest BCUT2D eigenvalue weighted by atomic mass is 35.5. The van der Waals surface area contributed by atoms with Gasteiger partial charge in [-0.25, -0.2) is 9.29 Å². The van der Waals surface area contributed by atoms with Crippen molar-refractivity contribution in [2.75, 3.05) is 18.6 Å². The Morgan fingerprint density at radius 3 is 2.51 bits per heavy atom. The van der Waals surface area contributed by atoms with Gasteiger partial charge in [0.1, 0.15) is 17.3 Å². The lowest BCUT2D eigenvalue weighted by atomic mass is 9.51. The number of likely N-dealkylation sites (tertiary alicyclic amines) is 1. The van der Waals surface area contributed by atoms with Gasteiger partial charge in [-0.1, -0.05) is 30.2 Å². The number of amides is 4. The van der Waals surface area contributed by atoms with Gasteiger partial charge in [-0.2, -0.15) is 0 Å². The third-order valence-corrected chi connectivity index (χ3v) is 9.81. The van der Waals surface area contributed by atoms with E-state index in [4.69, 9.17) is 16.3 Å². The Bertz CT molecular complexity index is 1540. The number of anilines is 1. The zero-order valence-electron chi connectivity index (χ0n) is 22.9. The van der Waals surface area contributed by atoms with E-state index >= 15 is 0 Å². The van der Waals surface area contributed by atoms with E-state index in [-0.39, 0.29) is 34.7 Å². The number of rotatable bonds is 5. The highest BCUT2D eigenvalue weighted by Crippen LogP contribution is 2.64. The first-order valence-corrected chi connectivity index (χ1v) is 14.2. The van der Waals surface area contributed by atoms with Crippen molar-refractivity contribution in [1.29, 1.82) is 0 Å². The van der Waals surface area contributed by atoms with Gasteiger partial charge in [0.05, 0.1) is 41.0 Å². The van der Waals surface area contributed by atoms with Gasteiger partial charge in [0, 0.05) is 18.0 Å². The van der Waals surface area contributed by atoms with Crippen molar-refractivity contribution in [2.24, 2.45) is 29.1 Å². The number of fused-ring (bicyclic) bond motifs is 4. The largest absolute Gasteiger partial charge is 0.508 e. The number of carbonyl (C=O) groups is 4. The summed E-state index contributed by atoms with van der Waals surface area (Å²) in [4.78, 5) is 57.8. The third-order valence-electron chi connectivity index (χ3n) is 9.52. The summed E-state index contributed by atoms with van der Waals surface area (Å²) >= 11 is 6.03. The Hall–Kier alpha value is -3.72. The Morgan fingerprint density at radius 2 is 1.83 bits per heavy atom. The standard InChI is InChI=1S/C31H30ClFN2O6/c1-4-11-34-27(37)18-8-7-17-19(25(18)29(34)39)14-21-28(38)35(15-5-9-23(33)22(32)12-15)30(40)31(21,2)26(17)20-13-16(41-3)6-10-24(20)36/h5-7,9-10,12-13,18-19,21,25-26,36H,4,8,11,14H2,1-3H3. The van der Waals surface area contributed by atoms with Gasteiger partial charge in [0.25, 0.3) is 0 Å². The van der Waals surface area contributed by atoms with Crippen LogP contribution in [-0.4, -0.2) is 47.3 Å². The molecule has 0 spiro atoms. The molecule has 4 amide bonds. The van der Waals surface area contributed by atoms with Gasteiger partial charge in [-0.05, 0) is 68.5 Å². The highest BCUT2D eigenvalue weighted by Gasteiger charge is 2.67. The predicted molar refractivity (Wildman–Crippen MR) is 148 cm³/mol. The Kier molecular flexibility index (Phi) is 6.48. The first kappa shape index (κ1) is 27.4. The zero-order valence-corrected chi connectivity index (χ0v) is 23.7. The van der Waals surface area contributed by atoms with E-state index in [1.165, 1.54) is 30.2 Å². The van der Waals surface area contributed by atoms with Crippen LogP contribution in [-0.2, 0) is 19.2 Å². The van der Waals surface area contributed by atoms with E-state index in [1.54, 1.807) is 19.1 Å². The van der Waals surface area contributed by atoms with Crippen LogP contribution in [0.5, 0.6) is 11.5 Å². The molecular weight excluding hydrogens is 551 g/mol. The molecule has 8 nitrogen and oxygen atoms in total. The SMILES string of the molecule is CCCN1C(=O)C2CC=C3C(CC4C(=O)N(c5ccc(F)c(Cl)c5)C(=O)C4(C)C3c3cc(OC)ccc3O)C2C1=O. The van der Waals surface area contributed by atoms with E-state index in [1.807, 2.05) is 13.0 Å². The van der Waals surface area contributed by atoms with Crippen LogP contribution in [0.3, 0.4) is 0 Å². The molecule has 0 bridgehead atoms. The van der Waals surface area contributed by atoms with Crippen molar-refractivity contribution in [2.45, 2.75) is 39.0 Å². The number of ether oxygens (including phenoxy) is 1. The summed E-state index contributed by atoms with van der Waals surface area (Å²) in [6.45, 7) is 3.93. The van der Waals surface area contributed by atoms with Crippen LogP contribution in [0.4, 0.5) is 10.1 Å². The fourth-order valence-electron chi connectivity index (χ4n) is 7.63. The Labute approximate surface area is 241 Å². The number of hydrogen-bond acceptors (Lipinski definition) is 6. The maximum Gasteiger partial charge on any atom is 0.241 e. The summed E-state index contributed by atoms with van der Waals surface area (Å²) in [5.74, 6) is -5.12. The molecule has 0 aromatic heterocycles. The average Bonchev–Trinajstić information content (AvgIpc) is 3.31. The zero-order chi connectivity index (χ0) is 29.4. The van der Waals surface area contributed by atoms with Crippen LogP contribution < -0.4 is 9.64 Å². The van der Waals surface area contributed by atoms with Gasteiger partial charge in [-0.3, -0.25) is 24.1 Å². The number of benzene rings is 2. The summed E-state index contributed by atoms with van der Waals surface area (Å²) in [5, 5.41) is 10.9. The molecule has 2 aliphatic carbocycles. The van der Waals surface area contributed by atoms with Gasteiger partial charge in [-0.15, -0.1) is 0 Å².